The first-order chi connectivity index (χ1) is 10.8. The Labute approximate surface area is 127 Å². The summed E-state index contributed by atoms with van der Waals surface area (Å²) in [5, 5.41) is 11.4. The Kier molecular flexibility index (Phi) is 3.04. The number of nitrogens with two attached hydrogens (primary N) is 1. The lowest BCUT2D eigenvalue weighted by Crippen LogP contribution is -2.16. The van der Waals surface area contributed by atoms with Gasteiger partial charge in [0.1, 0.15) is 23.9 Å². The van der Waals surface area contributed by atoms with Gasteiger partial charge in [-0.05, 0) is 31.4 Å². The third-order valence-electron chi connectivity index (χ3n) is 4.40. The lowest BCUT2D eigenvalue weighted by atomic mass is 9.93. The van der Waals surface area contributed by atoms with Crippen LogP contribution >= 0.6 is 0 Å². The molecule has 3 aromatic rings. The minimum atomic E-state index is -0.835. The van der Waals surface area contributed by atoms with Crippen molar-refractivity contribution < 1.29 is 5.11 Å². The van der Waals surface area contributed by atoms with E-state index in [1.54, 1.807) is 12.3 Å². The summed E-state index contributed by atoms with van der Waals surface area (Å²) in [7, 11) is 0. The van der Waals surface area contributed by atoms with Gasteiger partial charge < -0.3 is 15.4 Å². The first kappa shape index (κ1) is 13.2. The number of hydrogen-bond acceptors (Lipinski definition) is 5. The predicted octanol–water partition coefficient (Wildman–Crippen LogP) is 2.22. The van der Waals surface area contributed by atoms with E-state index in [-0.39, 0.29) is 0 Å². The van der Waals surface area contributed by atoms with Crippen molar-refractivity contribution in [3.63, 3.8) is 0 Å². The molecule has 0 bridgehead atoms. The second-order valence-electron chi connectivity index (χ2n) is 5.69. The zero-order chi connectivity index (χ0) is 15.1. The molecule has 22 heavy (non-hydrogen) atoms. The van der Waals surface area contributed by atoms with Gasteiger partial charge in [0.25, 0.3) is 0 Å². The van der Waals surface area contributed by atoms with Crippen molar-refractivity contribution in [2.45, 2.75) is 31.4 Å². The quantitative estimate of drug-likeness (QED) is 0.773. The van der Waals surface area contributed by atoms with Crippen LogP contribution < -0.4 is 5.73 Å². The van der Waals surface area contributed by atoms with Crippen LogP contribution in [0.25, 0.3) is 11.0 Å². The van der Waals surface area contributed by atoms with Crippen LogP contribution in [0, 0.1) is 0 Å². The highest BCUT2D eigenvalue weighted by Gasteiger charge is 2.27. The van der Waals surface area contributed by atoms with Gasteiger partial charge in [0.05, 0.1) is 11.1 Å². The van der Waals surface area contributed by atoms with Crippen LogP contribution in [0.5, 0.6) is 0 Å². The number of nitrogens with zero attached hydrogens (tertiary/aromatic N) is 4. The molecule has 3 aromatic heterocycles. The molecule has 3 N–H and O–H groups in total. The highest BCUT2D eigenvalue weighted by atomic mass is 16.3. The lowest BCUT2D eigenvalue weighted by Gasteiger charge is -2.27. The van der Waals surface area contributed by atoms with E-state index in [0.717, 1.165) is 29.4 Å². The number of aliphatic hydroxyl groups excluding tert-OH is 1. The van der Waals surface area contributed by atoms with Gasteiger partial charge in [-0.2, -0.15) is 0 Å². The van der Waals surface area contributed by atoms with E-state index in [1.165, 1.54) is 12.7 Å². The molecular formula is C16H17N5O. The fourth-order valence-corrected chi connectivity index (χ4v) is 2.99. The minimum Gasteiger partial charge on any atom is -0.383 e. The van der Waals surface area contributed by atoms with E-state index < -0.39 is 6.10 Å². The summed E-state index contributed by atoms with van der Waals surface area (Å²) in [6.07, 6.45) is 7.76. The van der Waals surface area contributed by atoms with Crippen molar-refractivity contribution >= 4 is 16.9 Å². The Hall–Kier alpha value is -2.47. The van der Waals surface area contributed by atoms with Crippen LogP contribution in [0.1, 0.15) is 42.7 Å². The van der Waals surface area contributed by atoms with Crippen molar-refractivity contribution in [2.24, 2.45) is 0 Å². The van der Waals surface area contributed by atoms with Gasteiger partial charge in [-0.3, -0.25) is 4.98 Å². The Morgan fingerprint density at radius 1 is 1.23 bits per heavy atom. The Morgan fingerprint density at radius 3 is 2.77 bits per heavy atom. The number of aromatic nitrogens is 4. The minimum absolute atomic E-state index is 0.396. The molecule has 6 nitrogen and oxygen atoms in total. The first-order valence-corrected chi connectivity index (χ1v) is 7.45. The normalized spacial score (nSPS) is 16.6. The number of anilines is 1. The maximum atomic E-state index is 10.7. The first-order valence-electron chi connectivity index (χ1n) is 7.45. The molecule has 1 fully saturated rings. The van der Waals surface area contributed by atoms with E-state index >= 15 is 0 Å². The number of rotatable bonds is 3. The maximum absolute atomic E-state index is 10.7. The summed E-state index contributed by atoms with van der Waals surface area (Å²) < 4.78 is 2.12. The standard InChI is InChI=1S/C16H17N5O/c17-15-13-11(14(22)12-6-1-2-7-18-12)8-21(10-4-3-5-10)16(13)20-9-19-15/h1-2,6-10,14,22H,3-5H2,(H2,17,19,20). The molecule has 0 aliphatic heterocycles. The number of nitrogen functional groups attached to an aromatic ring is 1. The van der Waals surface area contributed by atoms with Crippen molar-refractivity contribution in [3.05, 3.63) is 48.2 Å². The fraction of sp³-hybridized carbons (Fsp3) is 0.312. The molecule has 1 aliphatic rings. The molecule has 1 aliphatic carbocycles. The van der Waals surface area contributed by atoms with Crippen molar-refractivity contribution in [1.29, 1.82) is 0 Å². The summed E-state index contributed by atoms with van der Waals surface area (Å²) in [6, 6.07) is 5.92. The molecule has 0 spiro atoms. The lowest BCUT2D eigenvalue weighted by molar-refractivity contribution is 0.216. The van der Waals surface area contributed by atoms with Crippen molar-refractivity contribution in [3.8, 4) is 0 Å². The molecule has 1 atom stereocenters. The number of aliphatic hydroxyl groups is 1. The Balaban J connectivity index is 1.90. The second-order valence-corrected chi connectivity index (χ2v) is 5.69. The fourth-order valence-electron chi connectivity index (χ4n) is 2.99. The highest BCUT2D eigenvalue weighted by Crippen LogP contribution is 2.38. The van der Waals surface area contributed by atoms with E-state index in [1.807, 2.05) is 18.3 Å². The third kappa shape index (κ3) is 1.95. The molecule has 0 amide bonds. The molecule has 4 rings (SSSR count). The van der Waals surface area contributed by atoms with Crippen LogP contribution in [-0.4, -0.2) is 24.6 Å². The molecule has 112 valence electrons. The monoisotopic (exact) mass is 295 g/mol. The van der Waals surface area contributed by atoms with Gasteiger partial charge in [-0.1, -0.05) is 6.07 Å². The number of fused-ring (bicyclic) bond motifs is 1. The van der Waals surface area contributed by atoms with E-state index in [0.29, 0.717) is 17.6 Å². The largest absolute Gasteiger partial charge is 0.383 e. The van der Waals surface area contributed by atoms with Gasteiger partial charge in [-0.15, -0.1) is 0 Å². The average molecular weight is 295 g/mol. The predicted molar refractivity (Wildman–Crippen MR) is 83.1 cm³/mol. The van der Waals surface area contributed by atoms with Crippen LogP contribution in [0.2, 0.25) is 0 Å². The zero-order valence-corrected chi connectivity index (χ0v) is 12.1. The Bertz CT molecular complexity index is 810. The molecule has 3 heterocycles. The smallest absolute Gasteiger partial charge is 0.146 e. The van der Waals surface area contributed by atoms with E-state index in [9.17, 15) is 5.11 Å². The molecule has 0 aromatic carbocycles. The van der Waals surface area contributed by atoms with Crippen molar-refractivity contribution in [1.82, 2.24) is 19.5 Å². The van der Waals surface area contributed by atoms with Crippen LogP contribution in [0.15, 0.2) is 36.9 Å². The summed E-state index contributed by atoms with van der Waals surface area (Å²) in [6.45, 7) is 0. The summed E-state index contributed by atoms with van der Waals surface area (Å²) >= 11 is 0. The SMILES string of the molecule is Nc1ncnc2c1c(C(O)c1ccccn1)cn2C1CCC1. The van der Waals surface area contributed by atoms with Crippen molar-refractivity contribution in [2.75, 3.05) is 5.73 Å². The van der Waals surface area contributed by atoms with E-state index in [4.69, 9.17) is 5.73 Å². The number of pyridine rings is 1. The highest BCUT2D eigenvalue weighted by molar-refractivity contribution is 5.90. The average Bonchev–Trinajstić information content (AvgIpc) is 2.87. The number of hydrogen-bond donors (Lipinski definition) is 2. The summed E-state index contributed by atoms with van der Waals surface area (Å²) in [4.78, 5) is 12.7. The molecule has 1 unspecified atom stereocenters. The molecule has 6 heteroatoms. The van der Waals surface area contributed by atoms with Gasteiger partial charge >= 0.3 is 0 Å². The topological polar surface area (TPSA) is 89.8 Å². The zero-order valence-electron chi connectivity index (χ0n) is 12.1. The second kappa shape index (κ2) is 5.06. The Morgan fingerprint density at radius 2 is 2.09 bits per heavy atom. The van der Waals surface area contributed by atoms with Gasteiger partial charge in [0.2, 0.25) is 0 Å². The van der Waals surface area contributed by atoms with Gasteiger partial charge in [0, 0.05) is 24.0 Å². The van der Waals surface area contributed by atoms with Gasteiger partial charge in [0.15, 0.2) is 0 Å². The molecule has 1 saturated carbocycles. The summed E-state index contributed by atoms with van der Waals surface area (Å²) in [5.74, 6) is 0.396. The van der Waals surface area contributed by atoms with Crippen LogP contribution in [0.4, 0.5) is 5.82 Å². The van der Waals surface area contributed by atoms with E-state index in [2.05, 4.69) is 19.5 Å². The summed E-state index contributed by atoms with van der Waals surface area (Å²) in [5.41, 5.74) is 8.16. The molecule has 0 saturated heterocycles. The maximum Gasteiger partial charge on any atom is 0.146 e. The third-order valence-corrected chi connectivity index (χ3v) is 4.40. The molecular weight excluding hydrogens is 278 g/mol. The van der Waals surface area contributed by atoms with Gasteiger partial charge in [-0.25, -0.2) is 9.97 Å². The molecule has 0 radical (unpaired) electrons. The van der Waals surface area contributed by atoms with Crippen LogP contribution in [0.3, 0.4) is 0 Å². The van der Waals surface area contributed by atoms with Crippen LogP contribution in [-0.2, 0) is 0 Å².